The minimum absolute atomic E-state index is 0.0306. The van der Waals surface area contributed by atoms with Crippen molar-refractivity contribution in [3.63, 3.8) is 0 Å². The number of anilines is 1. The molecule has 206 valence electrons. The predicted molar refractivity (Wildman–Crippen MR) is 133 cm³/mol. The first-order valence-electron chi connectivity index (χ1n) is 13.0. The molecule has 0 radical (unpaired) electrons. The minimum atomic E-state index is -4.45. The second kappa shape index (κ2) is 11.1. The lowest BCUT2D eigenvalue weighted by molar-refractivity contribution is -0.137. The van der Waals surface area contributed by atoms with Crippen molar-refractivity contribution in [2.24, 2.45) is 0 Å². The topological polar surface area (TPSA) is 92.7 Å². The number of aromatic nitrogens is 3. The molecule has 2 aromatic heterocycles. The molecule has 3 aliphatic rings. The van der Waals surface area contributed by atoms with Gasteiger partial charge in [-0.2, -0.15) is 13.2 Å². The van der Waals surface area contributed by atoms with Crippen molar-refractivity contribution in [1.82, 2.24) is 25.2 Å². The molecule has 1 N–H and O–H groups in total. The third-order valence-electron chi connectivity index (χ3n) is 7.77. The van der Waals surface area contributed by atoms with Gasteiger partial charge in [0, 0.05) is 75.9 Å². The van der Waals surface area contributed by atoms with Crippen LogP contribution in [0.2, 0.25) is 0 Å². The first-order chi connectivity index (χ1) is 18.2. The van der Waals surface area contributed by atoms with Crippen LogP contribution in [0.1, 0.15) is 52.1 Å². The first kappa shape index (κ1) is 26.8. The SMILES string of the molecule is COC1COCCC1NC1CCN(C(=O)c2ncnc(N3CCc4ncc(C(F)(F)F)cc4C3)c2C)CC1. The molecule has 3 aliphatic heterocycles. The van der Waals surface area contributed by atoms with Gasteiger partial charge in [0.2, 0.25) is 0 Å². The molecule has 0 saturated carbocycles. The number of rotatable bonds is 5. The number of piperidine rings is 1. The lowest BCUT2D eigenvalue weighted by Gasteiger charge is -2.38. The van der Waals surface area contributed by atoms with E-state index in [0.717, 1.165) is 31.5 Å². The van der Waals surface area contributed by atoms with Crippen LogP contribution < -0.4 is 10.2 Å². The number of fused-ring (bicyclic) bond motifs is 1. The van der Waals surface area contributed by atoms with Crippen LogP contribution in [0.25, 0.3) is 0 Å². The van der Waals surface area contributed by atoms with E-state index < -0.39 is 11.7 Å². The molecule has 0 spiro atoms. The maximum atomic E-state index is 13.4. The molecule has 2 saturated heterocycles. The summed E-state index contributed by atoms with van der Waals surface area (Å²) in [4.78, 5) is 29.9. The number of ether oxygens (including phenoxy) is 2. The van der Waals surface area contributed by atoms with E-state index in [1.54, 1.807) is 14.0 Å². The van der Waals surface area contributed by atoms with Gasteiger partial charge in [0.1, 0.15) is 17.8 Å². The number of carbonyl (C=O) groups excluding carboxylic acids is 1. The smallest absolute Gasteiger partial charge is 0.379 e. The van der Waals surface area contributed by atoms with Crippen molar-refractivity contribution in [1.29, 1.82) is 0 Å². The maximum absolute atomic E-state index is 13.4. The van der Waals surface area contributed by atoms with Gasteiger partial charge in [-0.15, -0.1) is 0 Å². The number of likely N-dealkylation sites (tertiary alicyclic amines) is 1. The number of methoxy groups -OCH3 is 1. The monoisotopic (exact) mass is 534 g/mol. The summed E-state index contributed by atoms with van der Waals surface area (Å²) in [5.74, 6) is 0.414. The Labute approximate surface area is 219 Å². The number of hydrogen-bond donors (Lipinski definition) is 1. The largest absolute Gasteiger partial charge is 0.417 e. The van der Waals surface area contributed by atoms with E-state index in [2.05, 4.69) is 20.3 Å². The van der Waals surface area contributed by atoms with Crippen LogP contribution in [0.15, 0.2) is 18.6 Å². The number of nitrogens with one attached hydrogen (secondary N) is 1. The van der Waals surface area contributed by atoms with Crippen LogP contribution in [0.5, 0.6) is 0 Å². The van der Waals surface area contributed by atoms with Crippen LogP contribution in [-0.2, 0) is 28.6 Å². The quantitative estimate of drug-likeness (QED) is 0.626. The van der Waals surface area contributed by atoms with Gasteiger partial charge in [-0.3, -0.25) is 9.78 Å². The molecule has 5 heterocycles. The summed E-state index contributed by atoms with van der Waals surface area (Å²) >= 11 is 0. The molecule has 2 unspecified atom stereocenters. The Morgan fingerprint density at radius 2 is 1.95 bits per heavy atom. The van der Waals surface area contributed by atoms with Crippen molar-refractivity contribution in [2.45, 2.75) is 63.5 Å². The van der Waals surface area contributed by atoms with Crippen LogP contribution in [-0.4, -0.2) is 83.9 Å². The van der Waals surface area contributed by atoms with Crippen molar-refractivity contribution < 1.29 is 27.4 Å². The van der Waals surface area contributed by atoms with E-state index >= 15 is 0 Å². The number of halogens is 3. The molecule has 1 amide bonds. The molecular weight excluding hydrogens is 501 g/mol. The summed E-state index contributed by atoms with van der Waals surface area (Å²) in [6, 6.07) is 1.69. The first-order valence-corrected chi connectivity index (χ1v) is 13.0. The average Bonchev–Trinajstić information content (AvgIpc) is 2.92. The minimum Gasteiger partial charge on any atom is -0.379 e. The second-order valence-corrected chi connectivity index (χ2v) is 10.1. The number of nitrogens with zero attached hydrogens (tertiary/aromatic N) is 5. The van der Waals surface area contributed by atoms with E-state index in [1.807, 2.05) is 9.80 Å². The summed E-state index contributed by atoms with van der Waals surface area (Å²) in [5, 5.41) is 3.69. The van der Waals surface area contributed by atoms with Crippen LogP contribution in [0.3, 0.4) is 0 Å². The number of carbonyl (C=O) groups is 1. The Morgan fingerprint density at radius 3 is 2.68 bits per heavy atom. The molecule has 12 heteroatoms. The summed E-state index contributed by atoms with van der Waals surface area (Å²) in [5.41, 5.74) is 1.38. The van der Waals surface area contributed by atoms with Gasteiger partial charge in [0.05, 0.1) is 18.3 Å². The summed E-state index contributed by atoms with van der Waals surface area (Å²) in [7, 11) is 1.70. The molecule has 0 bridgehead atoms. The van der Waals surface area contributed by atoms with Crippen molar-refractivity contribution in [3.8, 4) is 0 Å². The zero-order chi connectivity index (χ0) is 26.9. The third-order valence-corrected chi connectivity index (χ3v) is 7.77. The highest BCUT2D eigenvalue weighted by Crippen LogP contribution is 2.32. The van der Waals surface area contributed by atoms with E-state index in [9.17, 15) is 18.0 Å². The van der Waals surface area contributed by atoms with E-state index in [-0.39, 0.29) is 24.6 Å². The van der Waals surface area contributed by atoms with Crippen LogP contribution in [0.4, 0.5) is 19.0 Å². The number of pyridine rings is 1. The second-order valence-electron chi connectivity index (χ2n) is 10.1. The molecule has 0 aromatic carbocycles. The summed E-state index contributed by atoms with van der Waals surface area (Å²) < 4.78 is 50.7. The van der Waals surface area contributed by atoms with Gasteiger partial charge in [0.15, 0.2) is 0 Å². The van der Waals surface area contributed by atoms with Crippen LogP contribution >= 0.6 is 0 Å². The molecule has 9 nitrogen and oxygen atoms in total. The highest BCUT2D eigenvalue weighted by atomic mass is 19.4. The fourth-order valence-corrected chi connectivity index (χ4v) is 5.57. The zero-order valence-electron chi connectivity index (χ0n) is 21.6. The maximum Gasteiger partial charge on any atom is 0.417 e. The fourth-order valence-electron chi connectivity index (χ4n) is 5.57. The molecule has 2 aromatic rings. The number of hydrogen-bond acceptors (Lipinski definition) is 8. The van der Waals surface area contributed by atoms with Crippen molar-refractivity contribution in [3.05, 3.63) is 46.7 Å². The molecule has 2 atom stereocenters. The molecule has 0 aliphatic carbocycles. The van der Waals surface area contributed by atoms with E-state index in [1.165, 1.54) is 6.33 Å². The van der Waals surface area contributed by atoms with Gasteiger partial charge >= 0.3 is 6.18 Å². The standard InChI is InChI=1S/C26H33F3N6O3/c1-16-23(25(36)34-7-3-19(4-8-34)33-21-6-10-38-14-22(21)37-2)31-15-32-24(16)35-9-5-20-17(13-35)11-18(12-30-20)26(27,28)29/h11-12,15,19,21-22,33H,3-10,13-14H2,1-2H3. The third kappa shape index (κ3) is 5.62. The number of amides is 1. The molecule has 5 rings (SSSR count). The molecule has 38 heavy (non-hydrogen) atoms. The lowest BCUT2D eigenvalue weighted by Crippen LogP contribution is -2.54. The highest BCUT2D eigenvalue weighted by molar-refractivity contribution is 5.94. The van der Waals surface area contributed by atoms with Gasteiger partial charge in [-0.05, 0) is 37.8 Å². The normalized spacial score (nSPS) is 22.9. The van der Waals surface area contributed by atoms with Crippen molar-refractivity contribution >= 4 is 11.7 Å². The van der Waals surface area contributed by atoms with Gasteiger partial charge in [0.25, 0.3) is 5.91 Å². The average molecular weight is 535 g/mol. The Hall–Kier alpha value is -2.83. The number of alkyl halides is 3. The lowest BCUT2D eigenvalue weighted by atomic mass is 9.99. The van der Waals surface area contributed by atoms with Crippen LogP contribution in [0, 0.1) is 6.92 Å². The Balaban J connectivity index is 1.24. The Bertz CT molecular complexity index is 1160. The summed E-state index contributed by atoms with van der Waals surface area (Å²) in [6.45, 7) is 5.10. The summed E-state index contributed by atoms with van der Waals surface area (Å²) in [6.07, 6.45) is 0.880. The van der Waals surface area contributed by atoms with Gasteiger partial charge in [-0.1, -0.05) is 0 Å². The van der Waals surface area contributed by atoms with Gasteiger partial charge < -0.3 is 24.6 Å². The Kier molecular flexibility index (Phi) is 7.83. The van der Waals surface area contributed by atoms with E-state index in [4.69, 9.17) is 9.47 Å². The highest BCUT2D eigenvalue weighted by Gasteiger charge is 2.34. The fraction of sp³-hybridized carbons (Fsp3) is 0.615. The van der Waals surface area contributed by atoms with Crippen molar-refractivity contribution in [2.75, 3.05) is 44.9 Å². The molecular formula is C26H33F3N6O3. The zero-order valence-corrected chi connectivity index (χ0v) is 21.6. The van der Waals surface area contributed by atoms with E-state index in [0.29, 0.717) is 73.6 Å². The predicted octanol–water partition coefficient (Wildman–Crippen LogP) is 2.76. The Morgan fingerprint density at radius 1 is 1.16 bits per heavy atom. The molecule has 2 fully saturated rings. The van der Waals surface area contributed by atoms with Gasteiger partial charge in [-0.25, -0.2) is 9.97 Å².